The molecule has 5 rings (SSSR count). The summed E-state index contributed by atoms with van der Waals surface area (Å²) in [6.45, 7) is 10.4. The summed E-state index contributed by atoms with van der Waals surface area (Å²) in [6.07, 6.45) is 11.3. The standard InChI is InChI=1S/C35H43ClN2O4S/c1-5-25-16-17-28(42-27-18-20-37(21-19-27)26-12-8-7-9-13-26)22-31(25)38(6-2)33-23-32(34(43-33)35(39)40-4)41-24(3)29-14-10-11-15-30(29)36/h6,10-11,14-17,22-24,26-27H,2,5,7-9,12-13,18-21H2,1,3-4H3. The Labute approximate surface area is 265 Å². The van der Waals surface area contributed by atoms with E-state index in [1.807, 2.05) is 42.2 Å². The third-order valence-electron chi connectivity index (χ3n) is 8.69. The minimum atomic E-state index is -0.450. The molecule has 0 spiro atoms. The van der Waals surface area contributed by atoms with Crippen LogP contribution in [0.5, 0.6) is 11.5 Å². The zero-order valence-electron chi connectivity index (χ0n) is 25.5. The quantitative estimate of drug-likeness (QED) is 0.199. The van der Waals surface area contributed by atoms with Gasteiger partial charge in [0.05, 0.1) is 12.8 Å². The van der Waals surface area contributed by atoms with Crippen molar-refractivity contribution in [2.45, 2.75) is 83.5 Å². The fraction of sp³-hybridized carbons (Fsp3) is 0.457. The van der Waals surface area contributed by atoms with Crippen LogP contribution in [0.4, 0.5) is 10.7 Å². The van der Waals surface area contributed by atoms with Crippen molar-refractivity contribution >= 4 is 39.6 Å². The van der Waals surface area contributed by atoms with Gasteiger partial charge in [-0.25, -0.2) is 4.79 Å². The average Bonchev–Trinajstić information content (AvgIpc) is 3.45. The van der Waals surface area contributed by atoms with Crippen molar-refractivity contribution in [1.29, 1.82) is 0 Å². The van der Waals surface area contributed by atoms with Crippen LogP contribution in [0.2, 0.25) is 5.02 Å². The Morgan fingerprint density at radius 2 is 1.86 bits per heavy atom. The van der Waals surface area contributed by atoms with E-state index in [1.54, 1.807) is 6.20 Å². The van der Waals surface area contributed by atoms with Gasteiger partial charge in [0.25, 0.3) is 0 Å². The summed E-state index contributed by atoms with van der Waals surface area (Å²) in [7, 11) is 1.38. The summed E-state index contributed by atoms with van der Waals surface area (Å²) < 4.78 is 18.0. The van der Waals surface area contributed by atoms with E-state index >= 15 is 0 Å². The number of ether oxygens (including phenoxy) is 3. The van der Waals surface area contributed by atoms with Crippen LogP contribution in [0.15, 0.2) is 61.3 Å². The molecule has 2 fully saturated rings. The summed E-state index contributed by atoms with van der Waals surface area (Å²) >= 11 is 7.74. The molecule has 1 saturated heterocycles. The molecule has 1 atom stereocenters. The minimum Gasteiger partial charge on any atom is -0.490 e. The largest absolute Gasteiger partial charge is 0.490 e. The highest BCUT2D eigenvalue weighted by molar-refractivity contribution is 7.18. The van der Waals surface area contributed by atoms with Gasteiger partial charge in [-0.2, -0.15) is 0 Å². The van der Waals surface area contributed by atoms with E-state index in [-0.39, 0.29) is 12.2 Å². The van der Waals surface area contributed by atoms with Gasteiger partial charge < -0.3 is 24.0 Å². The number of aryl methyl sites for hydroxylation is 1. The minimum absolute atomic E-state index is 0.205. The van der Waals surface area contributed by atoms with Crippen molar-refractivity contribution in [3.8, 4) is 11.5 Å². The Bertz CT molecular complexity index is 1390. The summed E-state index contributed by atoms with van der Waals surface area (Å²) in [5.74, 6) is 0.846. The molecule has 0 N–H and O–H groups in total. The van der Waals surface area contributed by atoms with E-state index in [0.29, 0.717) is 15.6 Å². The Kier molecular flexibility index (Phi) is 10.7. The number of nitrogens with zero attached hydrogens (tertiary/aromatic N) is 2. The van der Waals surface area contributed by atoms with Crippen LogP contribution in [0.3, 0.4) is 0 Å². The molecule has 2 aromatic carbocycles. The van der Waals surface area contributed by atoms with Crippen LogP contribution in [-0.2, 0) is 11.2 Å². The lowest BCUT2D eigenvalue weighted by Crippen LogP contribution is -2.44. The highest BCUT2D eigenvalue weighted by Crippen LogP contribution is 2.43. The number of esters is 1. The first-order valence-electron chi connectivity index (χ1n) is 15.5. The number of halogens is 1. The Morgan fingerprint density at radius 3 is 2.53 bits per heavy atom. The summed E-state index contributed by atoms with van der Waals surface area (Å²) in [4.78, 5) is 17.9. The summed E-state index contributed by atoms with van der Waals surface area (Å²) in [6, 6.07) is 16.5. The fourth-order valence-corrected chi connectivity index (χ4v) is 7.62. The maximum absolute atomic E-state index is 12.8. The van der Waals surface area contributed by atoms with Gasteiger partial charge in [0.1, 0.15) is 28.7 Å². The molecule has 1 aliphatic carbocycles. The molecule has 1 aliphatic heterocycles. The van der Waals surface area contributed by atoms with Gasteiger partial charge in [0, 0.05) is 48.1 Å². The zero-order valence-corrected chi connectivity index (χ0v) is 27.1. The van der Waals surface area contributed by atoms with Crippen molar-refractivity contribution < 1.29 is 19.0 Å². The number of methoxy groups -OCH3 is 1. The second kappa shape index (κ2) is 14.7. The van der Waals surface area contributed by atoms with Crippen LogP contribution >= 0.6 is 22.9 Å². The highest BCUT2D eigenvalue weighted by atomic mass is 35.5. The SMILES string of the molecule is C=CN(c1cc(OC(C)c2ccccc2Cl)c(C(=O)OC)s1)c1cc(OC2CCN(C3CCCCC3)CC2)ccc1CC. The van der Waals surface area contributed by atoms with Gasteiger partial charge in [-0.3, -0.25) is 0 Å². The van der Waals surface area contributed by atoms with Gasteiger partial charge in [0.15, 0.2) is 4.88 Å². The molecule has 2 aliphatic rings. The first-order chi connectivity index (χ1) is 20.9. The number of piperidine rings is 1. The van der Waals surface area contributed by atoms with Gasteiger partial charge >= 0.3 is 5.97 Å². The number of likely N-dealkylation sites (tertiary alicyclic amines) is 1. The number of hydrogen-bond donors (Lipinski definition) is 0. The molecule has 3 aromatic rings. The number of thiophene rings is 1. The molecule has 43 heavy (non-hydrogen) atoms. The molecule has 6 nitrogen and oxygen atoms in total. The third-order valence-corrected chi connectivity index (χ3v) is 10.1. The first-order valence-corrected chi connectivity index (χ1v) is 16.7. The molecule has 1 saturated carbocycles. The second-order valence-electron chi connectivity index (χ2n) is 11.4. The molecule has 0 radical (unpaired) electrons. The van der Waals surface area contributed by atoms with Crippen molar-refractivity contribution in [3.63, 3.8) is 0 Å². The number of hydrogen-bond acceptors (Lipinski definition) is 7. The Hall–Kier alpha value is -3.00. The molecular formula is C35H43ClN2O4S. The molecular weight excluding hydrogens is 580 g/mol. The molecule has 8 heteroatoms. The molecule has 0 amide bonds. The van der Waals surface area contributed by atoms with Crippen LogP contribution < -0.4 is 14.4 Å². The topological polar surface area (TPSA) is 51.2 Å². The van der Waals surface area contributed by atoms with Crippen molar-refractivity contribution in [1.82, 2.24) is 4.90 Å². The lowest BCUT2D eigenvalue weighted by molar-refractivity contribution is 0.0599. The highest BCUT2D eigenvalue weighted by Gasteiger charge is 2.28. The summed E-state index contributed by atoms with van der Waals surface area (Å²) in [5, 5.41) is 1.41. The normalized spacial score (nSPS) is 17.3. The second-order valence-corrected chi connectivity index (χ2v) is 12.8. The fourth-order valence-electron chi connectivity index (χ4n) is 6.31. The molecule has 1 aromatic heterocycles. The van der Waals surface area contributed by atoms with E-state index < -0.39 is 5.97 Å². The molecule has 0 bridgehead atoms. The monoisotopic (exact) mass is 622 g/mol. The van der Waals surface area contributed by atoms with Crippen molar-refractivity contribution in [2.75, 3.05) is 25.1 Å². The average molecular weight is 623 g/mol. The van der Waals surface area contributed by atoms with Crippen molar-refractivity contribution in [2.24, 2.45) is 0 Å². The number of carbonyl (C=O) groups is 1. The van der Waals surface area contributed by atoms with Crippen LogP contribution in [0, 0.1) is 0 Å². The molecule has 2 heterocycles. The summed E-state index contributed by atoms with van der Waals surface area (Å²) in [5.41, 5.74) is 2.97. The third kappa shape index (κ3) is 7.39. The van der Waals surface area contributed by atoms with Crippen LogP contribution in [0.25, 0.3) is 0 Å². The first kappa shape index (κ1) is 31.4. The zero-order chi connectivity index (χ0) is 30.3. The van der Waals surface area contributed by atoms with Gasteiger partial charge in [-0.1, -0.05) is 68.6 Å². The van der Waals surface area contributed by atoms with E-state index in [2.05, 4.69) is 36.6 Å². The van der Waals surface area contributed by atoms with Gasteiger partial charge in [-0.15, -0.1) is 11.3 Å². The van der Waals surface area contributed by atoms with E-state index in [9.17, 15) is 4.79 Å². The lowest BCUT2D eigenvalue weighted by Gasteiger charge is -2.39. The number of anilines is 2. The Morgan fingerprint density at radius 1 is 1.12 bits per heavy atom. The predicted molar refractivity (Wildman–Crippen MR) is 176 cm³/mol. The van der Waals surface area contributed by atoms with E-state index in [0.717, 1.165) is 66.0 Å². The Balaban J connectivity index is 1.36. The van der Waals surface area contributed by atoms with E-state index in [4.69, 9.17) is 25.8 Å². The predicted octanol–water partition coefficient (Wildman–Crippen LogP) is 9.35. The number of benzene rings is 2. The molecule has 230 valence electrons. The van der Waals surface area contributed by atoms with E-state index in [1.165, 1.54) is 50.6 Å². The van der Waals surface area contributed by atoms with Gasteiger partial charge in [-0.05, 0) is 56.7 Å². The maximum Gasteiger partial charge on any atom is 0.351 e. The van der Waals surface area contributed by atoms with Crippen molar-refractivity contribution in [3.05, 3.63) is 82.3 Å². The van der Waals surface area contributed by atoms with Gasteiger partial charge in [0.2, 0.25) is 0 Å². The number of rotatable bonds is 11. The van der Waals surface area contributed by atoms with Crippen LogP contribution in [-0.4, -0.2) is 43.2 Å². The molecule has 1 unspecified atom stereocenters. The van der Waals surface area contributed by atoms with Crippen LogP contribution in [0.1, 0.15) is 85.7 Å². The number of carbonyl (C=O) groups excluding carboxylic acids is 1. The maximum atomic E-state index is 12.8. The smallest absolute Gasteiger partial charge is 0.351 e. The lowest BCUT2D eigenvalue weighted by atomic mass is 9.92.